The van der Waals surface area contributed by atoms with Gasteiger partial charge in [-0.2, -0.15) is 0 Å². The zero-order valence-corrected chi connectivity index (χ0v) is 11.2. The van der Waals surface area contributed by atoms with Crippen LogP contribution in [0.15, 0.2) is 18.2 Å². The van der Waals surface area contributed by atoms with E-state index in [-0.39, 0.29) is 18.6 Å². The Bertz CT molecular complexity index is 523. The minimum Gasteiger partial charge on any atom is -0.479 e. The average Bonchev–Trinajstić information content (AvgIpc) is 2.82. The Labute approximate surface area is 115 Å². The molecule has 6 heteroatoms. The molecule has 1 saturated heterocycles. The van der Waals surface area contributed by atoms with Crippen molar-refractivity contribution in [2.75, 3.05) is 13.2 Å². The summed E-state index contributed by atoms with van der Waals surface area (Å²) in [5.41, 5.74) is -0.319. The summed E-state index contributed by atoms with van der Waals surface area (Å²) < 4.78 is 5.08. The number of amides is 1. The van der Waals surface area contributed by atoms with Gasteiger partial charge in [-0.1, -0.05) is 23.7 Å². The molecular formula is C13H14ClNO4. The Balaban J connectivity index is 2.25. The number of halogens is 1. The molecule has 1 aromatic rings. The zero-order chi connectivity index (χ0) is 14.0. The van der Waals surface area contributed by atoms with E-state index in [1.54, 1.807) is 25.1 Å². The third kappa shape index (κ3) is 2.57. The Hall–Kier alpha value is -1.59. The van der Waals surface area contributed by atoms with Crippen LogP contribution in [0, 0.1) is 6.92 Å². The van der Waals surface area contributed by atoms with Crippen LogP contribution in [0.4, 0.5) is 0 Å². The maximum atomic E-state index is 12.2. The normalized spacial score (nSPS) is 22.2. The monoisotopic (exact) mass is 283 g/mol. The number of rotatable bonds is 3. The lowest BCUT2D eigenvalue weighted by Crippen LogP contribution is -2.55. The standard InChI is InChI=1S/C13H14ClNO4/c1-8-3-2-4-9(10(8)14)11(16)15-13(12(17)18)5-6-19-7-13/h2-4H,5-7H2,1H3,(H,15,16)(H,17,18). The second-order valence-electron chi connectivity index (χ2n) is 4.58. The van der Waals surface area contributed by atoms with Crippen molar-refractivity contribution >= 4 is 23.5 Å². The van der Waals surface area contributed by atoms with Gasteiger partial charge in [0.2, 0.25) is 0 Å². The van der Waals surface area contributed by atoms with Crippen LogP contribution in [0.2, 0.25) is 5.02 Å². The second-order valence-corrected chi connectivity index (χ2v) is 4.96. The van der Waals surface area contributed by atoms with Crippen LogP contribution in [0.1, 0.15) is 22.3 Å². The Morgan fingerprint density at radius 3 is 2.79 bits per heavy atom. The second kappa shape index (κ2) is 5.19. The summed E-state index contributed by atoms with van der Waals surface area (Å²) in [6.45, 7) is 2.07. The molecule has 1 amide bonds. The predicted molar refractivity (Wildman–Crippen MR) is 69.5 cm³/mol. The smallest absolute Gasteiger partial charge is 0.331 e. The van der Waals surface area contributed by atoms with Crippen LogP contribution >= 0.6 is 11.6 Å². The van der Waals surface area contributed by atoms with Crippen molar-refractivity contribution in [3.8, 4) is 0 Å². The van der Waals surface area contributed by atoms with Crippen LogP contribution in [-0.2, 0) is 9.53 Å². The number of carboxylic acid groups (broad SMARTS) is 1. The molecule has 1 aromatic carbocycles. The fourth-order valence-corrected chi connectivity index (χ4v) is 2.20. The first-order chi connectivity index (χ1) is 8.96. The highest BCUT2D eigenvalue weighted by Gasteiger charge is 2.44. The van der Waals surface area contributed by atoms with E-state index in [0.717, 1.165) is 5.56 Å². The van der Waals surface area contributed by atoms with Gasteiger partial charge in [0.05, 0.1) is 17.2 Å². The fourth-order valence-electron chi connectivity index (χ4n) is 1.99. The van der Waals surface area contributed by atoms with Crippen molar-refractivity contribution in [2.24, 2.45) is 0 Å². The first kappa shape index (κ1) is 13.8. The average molecular weight is 284 g/mol. The number of benzene rings is 1. The van der Waals surface area contributed by atoms with E-state index < -0.39 is 17.4 Å². The third-order valence-electron chi connectivity index (χ3n) is 3.22. The lowest BCUT2D eigenvalue weighted by molar-refractivity contribution is -0.144. The van der Waals surface area contributed by atoms with Crippen molar-refractivity contribution in [3.63, 3.8) is 0 Å². The first-order valence-corrected chi connectivity index (χ1v) is 6.23. The molecule has 1 aliphatic heterocycles. The van der Waals surface area contributed by atoms with E-state index >= 15 is 0 Å². The lowest BCUT2D eigenvalue weighted by atomic mass is 9.98. The van der Waals surface area contributed by atoms with Crippen LogP contribution in [0.5, 0.6) is 0 Å². The molecule has 0 aliphatic carbocycles. The highest BCUT2D eigenvalue weighted by molar-refractivity contribution is 6.34. The number of hydrogen-bond acceptors (Lipinski definition) is 3. The van der Waals surface area contributed by atoms with E-state index in [1.165, 1.54) is 0 Å². The Kier molecular flexibility index (Phi) is 3.78. The molecular weight excluding hydrogens is 270 g/mol. The highest BCUT2D eigenvalue weighted by atomic mass is 35.5. The number of aliphatic carboxylic acids is 1. The molecule has 0 spiro atoms. The van der Waals surface area contributed by atoms with Crippen LogP contribution in [0.3, 0.4) is 0 Å². The maximum absolute atomic E-state index is 12.2. The molecule has 1 unspecified atom stereocenters. The topological polar surface area (TPSA) is 75.6 Å². The predicted octanol–water partition coefficient (Wildman–Crippen LogP) is 1.62. The molecule has 0 aromatic heterocycles. The van der Waals surface area contributed by atoms with E-state index in [4.69, 9.17) is 16.3 Å². The molecule has 1 heterocycles. The van der Waals surface area contributed by atoms with E-state index in [2.05, 4.69) is 5.32 Å². The largest absolute Gasteiger partial charge is 0.479 e. The molecule has 102 valence electrons. The summed E-state index contributed by atoms with van der Waals surface area (Å²) in [6.07, 6.45) is 0.248. The lowest BCUT2D eigenvalue weighted by Gasteiger charge is -2.24. The SMILES string of the molecule is Cc1cccc(C(=O)NC2(C(=O)O)CCOC2)c1Cl. The van der Waals surface area contributed by atoms with Crippen LogP contribution in [-0.4, -0.2) is 35.7 Å². The minimum absolute atomic E-state index is 0.0302. The van der Waals surface area contributed by atoms with Gasteiger partial charge in [-0.05, 0) is 18.6 Å². The number of carbonyl (C=O) groups excluding carboxylic acids is 1. The quantitative estimate of drug-likeness (QED) is 0.884. The van der Waals surface area contributed by atoms with Gasteiger partial charge in [-0.15, -0.1) is 0 Å². The molecule has 0 bridgehead atoms. The number of ether oxygens (including phenoxy) is 1. The molecule has 1 atom stereocenters. The molecule has 0 radical (unpaired) electrons. The Morgan fingerprint density at radius 2 is 2.21 bits per heavy atom. The number of nitrogens with one attached hydrogen (secondary N) is 1. The molecule has 2 rings (SSSR count). The summed E-state index contributed by atoms with van der Waals surface area (Å²) in [5.74, 6) is -1.59. The number of hydrogen-bond donors (Lipinski definition) is 2. The van der Waals surface area contributed by atoms with Gasteiger partial charge in [0.1, 0.15) is 0 Å². The van der Waals surface area contributed by atoms with E-state index in [1.807, 2.05) is 0 Å². The van der Waals surface area contributed by atoms with Gasteiger partial charge < -0.3 is 15.2 Å². The van der Waals surface area contributed by atoms with Gasteiger partial charge in [0, 0.05) is 13.0 Å². The van der Waals surface area contributed by atoms with Crippen LogP contribution < -0.4 is 5.32 Å². The van der Waals surface area contributed by atoms with Gasteiger partial charge in [-0.25, -0.2) is 4.79 Å². The van der Waals surface area contributed by atoms with E-state index in [9.17, 15) is 14.7 Å². The first-order valence-electron chi connectivity index (χ1n) is 5.85. The van der Waals surface area contributed by atoms with Gasteiger partial charge in [0.15, 0.2) is 5.54 Å². The fraction of sp³-hybridized carbons (Fsp3) is 0.385. The van der Waals surface area contributed by atoms with Gasteiger partial charge in [0.25, 0.3) is 5.91 Å². The van der Waals surface area contributed by atoms with Crippen molar-refractivity contribution < 1.29 is 19.4 Å². The number of aryl methyl sites for hydroxylation is 1. The summed E-state index contributed by atoms with van der Waals surface area (Å²) in [7, 11) is 0. The van der Waals surface area contributed by atoms with Crippen molar-refractivity contribution in [1.29, 1.82) is 0 Å². The highest BCUT2D eigenvalue weighted by Crippen LogP contribution is 2.23. The molecule has 1 fully saturated rings. The molecule has 1 aliphatic rings. The zero-order valence-electron chi connectivity index (χ0n) is 10.4. The Morgan fingerprint density at radius 1 is 1.47 bits per heavy atom. The van der Waals surface area contributed by atoms with Crippen LogP contribution in [0.25, 0.3) is 0 Å². The molecule has 2 N–H and O–H groups in total. The van der Waals surface area contributed by atoms with Gasteiger partial charge in [-0.3, -0.25) is 4.79 Å². The molecule has 0 saturated carbocycles. The minimum atomic E-state index is -1.36. The number of carbonyl (C=O) groups is 2. The number of carboxylic acids is 1. The van der Waals surface area contributed by atoms with Crippen molar-refractivity contribution in [2.45, 2.75) is 18.9 Å². The van der Waals surface area contributed by atoms with Crippen molar-refractivity contribution in [3.05, 3.63) is 34.3 Å². The molecule has 5 nitrogen and oxygen atoms in total. The maximum Gasteiger partial charge on any atom is 0.331 e. The van der Waals surface area contributed by atoms with Gasteiger partial charge >= 0.3 is 5.97 Å². The summed E-state index contributed by atoms with van der Waals surface area (Å²) >= 11 is 6.06. The summed E-state index contributed by atoms with van der Waals surface area (Å²) in [6, 6.07) is 5.05. The third-order valence-corrected chi connectivity index (χ3v) is 3.72. The summed E-state index contributed by atoms with van der Waals surface area (Å²) in [5, 5.41) is 12.1. The summed E-state index contributed by atoms with van der Waals surface area (Å²) in [4.78, 5) is 23.5. The van der Waals surface area contributed by atoms with Crippen molar-refractivity contribution in [1.82, 2.24) is 5.32 Å². The van der Waals surface area contributed by atoms with E-state index in [0.29, 0.717) is 11.6 Å². The molecule has 19 heavy (non-hydrogen) atoms.